The third-order valence-electron chi connectivity index (χ3n) is 1.97. The van der Waals surface area contributed by atoms with Gasteiger partial charge in [0.15, 0.2) is 5.82 Å². The maximum absolute atomic E-state index is 10.7. The third kappa shape index (κ3) is 3.23. The van der Waals surface area contributed by atoms with Crippen molar-refractivity contribution in [2.24, 2.45) is 0 Å². The first-order valence-corrected chi connectivity index (χ1v) is 4.39. The van der Waals surface area contributed by atoms with E-state index in [1.54, 1.807) is 24.7 Å². The molecule has 76 valence electrons. The molecule has 6 heteroatoms. The van der Waals surface area contributed by atoms with Gasteiger partial charge in [0.1, 0.15) is 5.97 Å². The number of nitrogens with zero attached hydrogens (tertiary/aromatic N) is 3. The molecular formula is C10H8KN3O2. The minimum Gasteiger partial charge on any atom is -0.542 e. The Labute approximate surface area is 135 Å². The molecule has 0 spiro atoms. The van der Waals surface area contributed by atoms with Crippen LogP contribution in [-0.2, 0) is 6.54 Å². The van der Waals surface area contributed by atoms with Crippen LogP contribution in [0.2, 0.25) is 0 Å². The van der Waals surface area contributed by atoms with E-state index in [-0.39, 0.29) is 57.2 Å². The first-order valence-electron chi connectivity index (χ1n) is 4.39. The van der Waals surface area contributed by atoms with Crippen molar-refractivity contribution in [3.63, 3.8) is 0 Å². The number of rotatable bonds is 3. The zero-order valence-electron chi connectivity index (χ0n) is 8.83. The number of carbonyl (C=O) groups is 1. The van der Waals surface area contributed by atoms with Gasteiger partial charge in [0, 0.05) is 24.8 Å². The van der Waals surface area contributed by atoms with E-state index < -0.39 is 5.97 Å². The molecule has 0 radical (unpaired) electrons. The number of aromatic nitrogens is 3. The third-order valence-corrected chi connectivity index (χ3v) is 1.97. The van der Waals surface area contributed by atoms with E-state index in [2.05, 4.69) is 9.97 Å². The van der Waals surface area contributed by atoms with E-state index in [1.165, 1.54) is 10.8 Å². The summed E-state index contributed by atoms with van der Waals surface area (Å²) >= 11 is 0. The molecule has 0 saturated heterocycles. The van der Waals surface area contributed by atoms with Gasteiger partial charge < -0.3 is 14.5 Å². The zero-order chi connectivity index (χ0) is 10.7. The van der Waals surface area contributed by atoms with Crippen molar-refractivity contribution in [3.05, 3.63) is 48.3 Å². The van der Waals surface area contributed by atoms with E-state index in [0.29, 0.717) is 6.54 Å². The Hall–Kier alpha value is -0.534. The quantitative estimate of drug-likeness (QED) is 0.528. The number of carboxylic acid groups (broad SMARTS) is 1. The number of hydrogen-bond donors (Lipinski definition) is 0. The Morgan fingerprint density at radius 1 is 1.44 bits per heavy atom. The van der Waals surface area contributed by atoms with Gasteiger partial charge in [0.25, 0.3) is 0 Å². The van der Waals surface area contributed by atoms with Crippen molar-refractivity contribution in [2.45, 2.75) is 6.54 Å². The molecule has 2 aromatic rings. The monoisotopic (exact) mass is 241 g/mol. The number of hydrogen-bond acceptors (Lipinski definition) is 4. The van der Waals surface area contributed by atoms with Gasteiger partial charge in [-0.15, -0.1) is 0 Å². The fraction of sp³-hybridized carbons (Fsp3) is 0.100. The van der Waals surface area contributed by atoms with Crippen LogP contribution < -0.4 is 56.5 Å². The maximum atomic E-state index is 10.7. The summed E-state index contributed by atoms with van der Waals surface area (Å²) in [7, 11) is 0. The summed E-state index contributed by atoms with van der Waals surface area (Å²) in [5.74, 6) is -1.34. The summed E-state index contributed by atoms with van der Waals surface area (Å²) in [6.45, 7) is 0.428. The molecular weight excluding hydrogens is 233 g/mol. The van der Waals surface area contributed by atoms with Crippen molar-refractivity contribution in [2.75, 3.05) is 0 Å². The summed E-state index contributed by atoms with van der Waals surface area (Å²) in [4.78, 5) is 18.3. The predicted molar refractivity (Wildman–Crippen MR) is 49.9 cm³/mol. The minimum absolute atomic E-state index is 0. The summed E-state index contributed by atoms with van der Waals surface area (Å²) in [6.07, 6.45) is 6.37. The molecule has 0 aliphatic rings. The molecule has 5 nitrogen and oxygen atoms in total. The Bertz CT molecular complexity index is 470. The van der Waals surface area contributed by atoms with Crippen LogP contribution in [0.5, 0.6) is 0 Å². The summed E-state index contributed by atoms with van der Waals surface area (Å²) in [6, 6.07) is 3.66. The molecule has 0 N–H and O–H groups in total. The topological polar surface area (TPSA) is 70.8 Å². The van der Waals surface area contributed by atoms with Gasteiger partial charge in [-0.2, -0.15) is 0 Å². The van der Waals surface area contributed by atoms with Crippen LogP contribution in [0.1, 0.15) is 16.2 Å². The van der Waals surface area contributed by atoms with Crippen molar-refractivity contribution >= 4 is 5.97 Å². The second-order valence-electron chi connectivity index (χ2n) is 3.03. The van der Waals surface area contributed by atoms with Gasteiger partial charge in [-0.25, -0.2) is 4.98 Å². The van der Waals surface area contributed by atoms with Crippen LogP contribution in [0.4, 0.5) is 0 Å². The van der Waals surface area contributed by atoms with Crippen LogP contribution in [0.15, 0.2) is 36.9 Å². The summed E-state index contributed by atoms with van der Waals surface area (Å²) < 4.78 is 1.51. The van der Waals surface area contributed by atoms with Gasteiger partial charge in [0.2, 0.25) is 0 Å². The minimum atomic E-state index is -1.27. The van der Waals surface area contributed by atoms with E-state index in [1.807, 2.05) is 6.07 Å². The molecule has 0 aliphatic heterocycles. The van der Waals surface area contributed by atoms with Crippen molar-refractivity contribution < 1.29 is 61.3 Å². The normalized spacial score (nSPS) is 9.50. The molecule has 0 bridgehead atoms. The fourth-order valence-electron chi connectivity index (χ4n) is 1.32. The molecule has 2 aromatic heterocycles. The number of pyridine rings is 1. The molecule has 0 fully saturated rings. The van der Waals surface area contributed by atoms with Crippen LogP contribution >= 0.6 is 0 Å². The molecule has 0 aromatic carbocycles. The number of carbonyl (C=O) groups excluding carboxylic acids is 1. The molecule has 16 heavy (non-hydrogen) atoms. The van der Waals surface area contributed by atoms with Crippen LogP contribution in [0.25, 0.3) is 0 Å². The second kappa shape index (κ2) is 6.26. The number of carboxylic acids is 1. The van der Waals surface area contributed by atoms with E-state index in [4.69, 9.17) is 0 Å². The van der Waals surface area contributed by atoms with Crippen molar-refractivity contribution in [1.82, 2.24) is 14.5 Å². The average molecular weight is 241 g/mol. The zero-order valence-corrected chi connectivity index (χ0v) is 12.0. The number of aromatic carboxylic acids is 1. The average Bonchev–Trinajstić information content (AvgIpc) is 2.67. The molecule has 2 rings (SSSR count). The van der Waals surface area contributed by atoms with Crippen LogP contribution in [-0.4, -0.2) is 20.5 Å². The largest absolute Gasteiger partial charge is 1.00 e. The van der Waals surface area contributed by atoms with Gasteiger partial charge in [0.05, 0.1) is 6.54 Å². The maximum Gasteiger partial charge on any atom is 1.00 e. The van der Waals surface area contributed by atoms with E-state index in [0.717, 1.165) is 5.56 Å². The SMILES string of the molecule is O=C([O-])c1nccn1Cc1cccnc1.[K+]. The van der Waals surface area contributed by atoms with Gasteiger partial charge in [-0.05, 0) is 11.6 Å². The first kappa shape index (κ1) is 13.5. The van der Waals surface area contributed by atoms with E-state index >= 15 is 0 Å². The molecule has 0 atom stereocenters. The Kier molecular flexibility index (Phi) is 5.30. The van der Waals surface area contributed by atoms with Gasteiger partial charge in [-0.3, -0.25) is 4.98 Å². The second-order valence-corrected chi connectivity index (χ2v) is 3.03. The van der Waals surface area contributed by atoms with Crippen molar-refractivity contribution in [1.29, 1.82) is 0 Å². The fourth-order valence-corrected chi connectivity index (χ4v) is 1.32. The molecule has 0 amide bonds. The molecule has 0 saturated carbocycles. The summed E-state index contributed by atoms with van der Waals surface area (Å²) in [5, 5.41) is 10.7. The molecule has 2 heterocycles. The Morgan fingerprint density at radius 2 is 2.25 bits per heavy atom. The smallest absolute Gasteiger partial charge is 0.542 e. The van der Waals surface area contributed by atoms with Crippen LogP contribution in [0, 0.1) is 0 Å². The van der Waals surface area contributed by atoms with Crippen molar-refractivity contribution in [3.8, 4) is 0 Å². The Morgan fingerprint density at radius 3 is 2.88 bits per heavy atom. The standard InChI is InChI=1S/C10H9N3O2.K/c14-10(15)9-12-4-5-13(9)7-8-2-1-3-11-6-8;/h1-6H,7H2,(H,14,15);/q;+1/p-1. The van der Waals surface area contributed by atoms with Crippen LogP contribution in [0.3, 0.4) is 0 Å². The van der Waals surface area contributed by atoms with E-state index in [9.17, 15) is 9.90 Å². The molecule has 0 aliphatic carbocycles. The predicted octanol–water partition coefficient (Wildman–Crippen LogP) is -3.31. The Balaban J connectivity index is 0.00000128. The van der Waals surface area contributed by atoms with Gasteiger partial charge in [-0.1, -0.05) is 6.07 Å². The first-order chi connectivity index (χ1) is 7.27. The molecule has 0 unspecified atom stereocenters. The van der Waals surface area contributed by atoms with Gasteiger partial charge >= 0.3 is 51.4 Å². The summed E-state index contributed by atoms with van der Waals surface area (Å²) in [5.41, 5.74) is 0.915. The number of imidazole rings is 1.